The largest absolute Gasteiger partial charge is 0.489 e. The zero-order chi connectivity index (χ0) is 24.2. The first kappa shape index (κ1) is 27.6. The Balaban J connectivity index is 0.00000140. The van der Waals surface area contributed by atoms with Gasteiger partial charge in [0, 0.05) is 13.0 Å². The molecule has 1 heterocycles. The van der Waals surface area contributed by atoms with E-state index in [1.165, 1.54) is 0 Å². The number of rotatable bonds is 8. The fourth-order valence-electron chi connectivity index (χ4n) is 3.47. The van der Waals surface area contributed by atoms with Gasteiger partial charge in [0.2, 0.25) is 0 Å². The normalized spacial score (nSPS) is 16.2. The van der Waals surface area contributed by atoms with Crippen LogP contribution in [0, 0.1) is 0 Å². The lowest BCUT2D eigenvalue weighted by Gasteiger charge is -2.13. The van der Waals surface area contributed by atoms with E-state index >= 15 is 0 Å². The average Bonchev–Trinajstić information content (AvgIpc) is 3.37. The quantitative estimate of drug-likeness (QED) is 0.428. The molecule has 186 valence electrons. The van der Waals surface area contributed by atoms with Crippen LogP contribution in [-0.4, -0.2) is 30.6 Å². The summed E-state index contributed by atoms with van der Waals surface area (Å²) < 4.78 is 16.7. The number of carbonyl (C=O) groups excluding carboxylic acids is 2. The minimum absolute atomic E-state index is 0. The van der Waals surface area contributed by atoms with E-state index < -0.39 is 6.04 Å². The summed E-state index contributed by atoms with van der Waals surface area (Å²) in [6.45, 7) is 5.03. The summed E-state index contributed by atoms with van der Waals surface area (Å²) >= 11 is 0. The fourth-order valence-corrected chi connectivity index (χ4v) is 3.47. The summed E-state index contributed by atoms with van der Waals surface area (Å²) in [4.78, 5) is 24.5. The molecule has 0 aromatic heterocycles. The van der Waals surface area contributed by atoms with E-state index in [2.05, 4.69) is 5.32 Å². The van der Waals surface area contributed by atoms with Gasteiger partial charge < -0.3 is 19.5 Å². The Bertz CT molecular complexity index is 1020. The molecule has 0 bridgehead atoms. The third-order valence-corrected chi connectivity index (χ3v) is 5.20. The molecule has 0 spiro atoms. The molecular formula is C29H35NO5. The van der Waals surface area contributed by atoms with Crippen LogP contribution in [0.1, 0.15) is 49.2 Å². The third kappa shape index (κ3) is 8.58. The summed E-state index contributed by atoms with van der Waals surface area (Å²) in [7, 11) is 0. The molecule has 1 aliphatic rings. The van der Waals surface area contributed by atoms with Gasteiger partial charge in [-0.1, -0.05) is 81.9 Å². The molecular weight excluding hydrogens is 442 g/mol. The molecule has 1 aliphatic heterocycles. The Morgan fingerprint density at radius 2 is 1.34 bits per heavy atom. The second kappa shape index (κ2) is 14.6. The molecule has 6 nitrogen and oxygen atoms in total. The van der Waals surface area contributed by atoms with E-state index in [-0.39, 0.29) is 38.7 Å². The highest BCUT2D eigenvalue weighted by atomic mass is 16.5. The maximum absolute atomic E-state index is 12.3. The Morgan fingerprint density at radius 3 is 1.91 bits per heavy atom. The van der Waals surface area contributed by atoms with Crippen LogP contribution < -0.4 is 10.1 Å². The van der Waals surface area contributed by atoms with Crippen LogP contribution in [-0.2, 0) is 27.5 Å². The van der Waals surface area contributed by atoms with Crippen molar-refractivity contribution in [2.24, 2.45) is 0 Å². The highest BCUT2D eigenvalue weighted by molar-refractivity contribution is 5.89. The van der Waals surface area contributed by atoms with Crippen molar-refractivity contribution >= 4 is 11.9 Å². The molecule has 2 unspecified atom stereocenters. The van der Waals surface area contributed by atoms with Crippen molar-refractivity contribution in [2.45, 2.75) is 53.1 Å². The van der Waals surface area contributed by atoms with Gasteiger partial charge in [-0.25, -0.2) is 4.79 Å². The molecule has 2 atom stereocenters. The molecule has 3 aromatic rings. The van der Waals surface area contributed by atoms with Gasteiger partial charge >= 0.3 is 11.9 Å². The van der Waals surface area contributed by atoms with E-state index in [1.807, 2.05) is 74.5 Å². The van der Waals surface area contributed by atoms with E-state index in [1.54, 1.807) is 24.3 Å². The molecule has 1 N–H and O–H groups in total. The van der Waals surface area contributed by atoms with Crippen LogP contribution >= 0.6 is 0 Å². The van der Waals surface area contributed by atoms with Gasteiger partial charge in [0.05, 0.1) is 5.56 Å². The predicted octanol–water partition coefficient (Wildman–Crippen LogP) is 5.56. The first-order valence-corrected chi connectivity index (χ1v) is 11.6. The average molecular weight is 478 g/mol. The first-order valence-electron chi connectivity index (χ1n) is 11.6. The topological polar surface area (TPSA) is 73.9 Å². The second-order valence-corrected chi connectivity index (χ2v) is 7.62. The maximum atomic E-state index is 12.3. The standard InChI is InChI=1S/C26H25NO5.C2H6.CH4/c28-25(30-17-19-7-3-1-4-8-19)21-11-13-22(14-12-21)32-23-15-24(27-16-23)26(29)31-18-20-9-5-2-6-10-20;1-2;/h1-14,23-24,27H,15-18H2;1-2H3;1H4. The van der Waals surface area contributed by atoms with Crippen LogP contribution in [0.3, 0.4) is 0 Å². The molecule has 0 amide bonds. The van der Waals surface area contributed by atoms with Crippen molar-refractivity contribution in [1.82, 2.24) is 5.32 Å². The summed E-state index contributed by atoms with van der Waals surface area (Å²) in [5, 5.41) is 3.15. The van der Waals surface area contributed by atoms with Gasteiger partial charge in [0.25, 0.3) is 0 Å². The minimum Gasteiger partial charge on any atom is -0.489 e. The van der Waals surface area contributed by atoms with E-state index in [0.29, 0.717) is 24.3 Å². The molecule has 0 radical (unpaired) electrons. The van der Waals surface area contributed by atoms with Crippen LogP contribution in [0.15, 0.2) is 84.9 Å². The van der Waals surface area contributed by atoms with Gasteiger partial charge in [-0.05, 0) is 35.4 Å². The first-order chi connectivity index (χ1) is 16.7. The Hall–Kier alpha value is -3.64. The van der Waals surface area contributed by atoms with E-state index in [9.17, 15) is 9.59 Å². The van der Waals surface area contributed by atoms with Crippen molar-refractivity contribution in [3.8, 4) is 5.75 Å². The predicted molar refractivity (Wildman–Crippen MR) is 137 cm³/mol. The number of hydrogen-bond donors (Lipinski definition) is 1. The lowest BCUT2D eigenvalue weighted by Crippen LogP contribution is -2.32. The van der Waals surface area contributed by atoms with E-state index in [0.717, 1.165) is 11.1 Å². The van der Waals surface area contributed by atoms with E-state index in [4.69, 9.17) is 14.2 Å². The van der Waals surface area contributed by atoms with Gasteiger partial charge in [-0.2, -0.15) is 0 Å². The monoisotopic (exact) mass is 477 g/mol. The molecule has 35 heavy (non-hydrogen) atoms. The molecule has 1 saturated heterocycles. The Kier molecular flexibility index (Phi) is 11.5. The minimum atomic E-state index is -0.393. The number of esters is 2. The van der Waals surface area contributed by atoms with Crippen LogP contribution in [0.5, 0.6) is 5.75 Å². The third-order valence-electron chi connectivity index (χ3n) is 5.20. The zero-order valence-electron chi connectivity index (χ0n) is 19.6. The zero-order valence-corrected chi connectivity index (χ0v) is 19.6. The highest BCUT2D eigenvalue weighted by Gasteiger charge is 2.31. The lowest BCUT2D eigenvalue weighted by molar-refractivity contribution is -0.147. The van der Waals surface area contributed by atoms with Crippen molar-refractivity contribution in [3.63, 3.8) is 0 Å². The van der Waals surface area contributed by atoms with Crippen molar-refractivity contribution in [1.29, 1.82) is 0 Å². The van der Waals surface area contributed by atoms with Gasteiger partial charge in [0.15, 0.2) is 0 Å². The molecule has 1 fully saturated rings. The van der Waals surface area contributed by atoms with Crippen molar-refractivity contribution < 1.29 is 23.8 Å². The molecule has 6 heteroatoms. The van der Waals surface area contributed by atoms with Gasteiger partial charge in [0.1, 0.15) is 31.1 Å². The molecule has 4 rings (SSSR count). The Labute approximate surface area is 208 Å². The number of nitrogens with one attached hydrogen (secondary N) is 1. The number of carbonyl (C=O) groups is 2. The molecule has 0 saturated carbocycles. The summed E-state index contributed by atoms with van der Waals surface area (Å²) in [5.41, 5.74) is 2.35. The summed E-state index contributed by atoms with van der Waals surface area (Å²) in [6.07, 6.45) is 0.370. The number of ether oxygens (including phenoxy) is 3. The Morgan fingerprint density at radius 1 is 0.800 bits per heavy atom. The highest BCUT2D eigenvalue weighted by Crippen LogP contribution is 2.19. The number of benzene rings is 3. The van der Waals surface area contributed by atoms with Crippen LogP contribution in [0.4, 0.5) is 0 Å². The smallest absolute Gasteiger partial charge is 0.338 e. The maximum Gasteiger partial charge on any atom is 0.338 e. The van der Waals surface area contributed by atoms with Gasteiger partial charge in [-0.3, -0.25) is 4.79 Å². The molecule has 0 aliphatic carbocycles. The lowest BCUT2D eigenvalue weighted by atomic mass is 10.2. The SMILES string of the molecule is C.CC.O=C(OCc1ccccc1)c1ccc(OC2CNC(C(=O)OCc3ccccc3)C2)cc1. The van der Waals surface area contributed by atoms with Gasteiger partial charge in [-0.15, -0.1) is 0 Å². The molecule has 3 aromatic carbocycles. The summed E-state index contributed by atoms with van der Waals surface area (Å²) in [6, 6.07) is 25.6. The summed E-state index contributed by atoms with van der Waals surface area (Å²) in [5.74, 6) is -0.0321. The fraction of sp³-hybridized carbons (Fsp3) is 0.310. The van der Waals surface area contributed by atoms with Crippen molar-refractivity contribution in [2.75, 3.05) is 6.54 Å². The van der Waals surface area contributed by atoms with Crippen LogP contribution in [0.25, 0.3) is 0 Å². The second-order valence-electron chi connectivity index (χ2n) is 7.62. The number of hydrogen-bond acceptors (Lipinski definition) is 6. The van der Waals surface area contributed by atoms with Crippen LogP contribution in [0.2, 0.25) is 0 Å². The van der Waals surface area contributed by atoms with Crippen molar-refractivity contribution in [3.05, 3.63) is 102 Å².